The van der Waals surface area contributed by atoms with Crippen molar-refractivity contribution in [2.45, 2.75) is 18.9 Å². The molecule has 7 nitrogen and oxygen atoms in total. The quantitative estimate of drug-likeness (QED) is 0.684. The Labute approximate surface area is 118 Å². The molecule has 20 heavy (non-hydrogen) atoms. The number of anilines is 1. The molecule has 2 rings (SSSR count). The molecule has 1 aromatic rings. The minimum Gasteiger partial charge on any atom is -0.370 e. The molecule has 1 amide bonds. The van der Waals surface area contributed by atoms with E-state index in [1.807, 2.05) is 0 Å². The van der Waals surface area contributed by atoms with Crippen LogP contribution in [-0.4, -0.2) is 54.8 Å². The highest BCUT2D eigenvalue weighted by Crippen LogP contribution is 2.15. The average molecular weight is 279 g/mol. The summed E-state index contributed by atoms with van der Waals surface area (Å²) in [4.78, 5) is 22.2. The average Bonchev–Trinajstić information content (AvgIpc) is 2.49. The highest BCUT2D eigenvalue weighted by Gasteiger charge is 2.21. The Bertz CT molecular complexity index is 406. The van der Waals surface area contributed by atoms with Crippen LogP contribution >= 0.6 is 0 Å². The largest absolute Gasteiger partial charge is 0.370 e. The lowest BCUT2D eigenvalue weighted by Gasteiger charge is -2.32. The summed E-state index contributed by atoms with van der Waals surface area (Å²) in [5.74, 6) is 0.677. The van der Waals surface area contributed by atoms with Gasteiger partial charge in [0.25, 0.3) is 0 Å². The van der Waals surface area contributed by atoms with E-state index in [-0.39, 0.29) is 18.6 Å². The maximum Gasteiger partial charge on any atom is 0.246 e. The Balaban J connectivity index is 1.70. The van der Waals surface area contributed by atoms with Crippen molar-refractivity contribution in [2.75, 3.05) is 37.7 Å². The zero-order valence-electron chi connectivity index (χ0n) is 11.5. The number of nitrogens with two attached hydrogens (primary N) is 1. The minimum atomic E-state index is -0.0761. The molecule has 1 fully saturated rings. The van der Waals surface area contributed by atoms with Crippen molar-refractivity contribution in [3.05, 3.63) is 18.5 Å². The van der Waals surface area contributed by atoms with Crippen molar-refractivity contribution in [1.82, 2.24) is 15.3 Å². The third-order valence-electron chi connectivity index (χ3n) is 3.19. The summed E-state index contributed by atoms with van der Waals surface area (Å²) in [5, 5.41) is 2.98. The van der Waals surface area contributed by atoms with Gasteiger partial charge >= 0.3 is 0 Å². The molecule has 0 atom stereocenters. The van der Waals surface area contributed by atoms with E-state index in [4.69, 9.17) is 10.5 Å². The van der Waals surface area contributed by atoms with Crippen molar-refractivity contribution in [3.63, 3.8) is 0 Å². The molecular weight excluding hydrogens is 258 g/mol. The molecule has 1 saturated heterocycles. The van der Waals surface area contributed by atoms with E-state index in [1.54, 1.807) is 18.5 Å². The maximum atomic E-state index is 11.6. The molecular formula is C13H21N5O2. The van der Waals surface area contributed by atoms with Gasteiger partial charge in [-0.3, -0.25) is 4.79 Å². The molecule has 0 unspecified atom stereocenters. The van der Waals surface area contributed by atoms with E-state index in [1.165, 1.54) is 0 Å². The number of carbonyl (C=O) groups excluding carboxylic acids is 1. The van der Waals surface area contributed by atoms with E-state index in [2.05, 4.69) is 20.2 Å². The van der Waals surface area contributed by atoms with Gasteiger partial charge in [-0.15, -0.1) is 0 Å². The zero-order chi connectivity index (χ0) is 14.2. The van der Waals surface area contributed by atoms with Gasteiger partial charge in [0, 0.05) is 38.1 Å². The predicted molar refractivity (Wildman–Crippen MR) is 75.3 cm³/mol. The third-order valence-corrected chi connectivity index (χ3v) is 3.19. The lowest BCUT2D eigenvalue weighted by atomic mass is 10.1. The summed E-state index contributed by atoms with van der Waals surface area (Å²) in [6.07, 6.45) is 5.26. The van der Waals surface area contributed by atoms with E-state index < -0.39 is 0 Å². The molecule has 0 bridgehead atoms. The van der Waals surface area contributed by atoms with Crippen LogP contribution in [0.3, 0.4) is 0 Å². The Morgan fingerprint density at radius 3 is 2.75 bits per heavy atom. The van der Waals surface area contributed by atoms with Crippen molar-refractivity contribution in [3.8, 4) is 0 Å². The molecule has 110 valence electrons. The number of nitrogens with zero attached hydrogens (tertiary/aromatic N) is 3. The van der Waals surface area contributed by atoms with Crippen LogP contribution in [0.25, 0.3) is 0 Å². The fraction of sp³-hybridized carbons (Fsp3) is 0.615. The second kappa shape index (κ2) is 7.76. The highest BCUT2D eigenvalue weighted by atomic mass is 16.5. The van der Waals surface area contributed by atoms with Gasteiger partial charge in [-0.1, -0.05) is 0 Å². The van der Waals surface area contributed by atoms with Gasteiger partial charge in [0.2, 0.25) is 11.9 Å². The smallest absolute Gasteiger partial charge is 0.246 e. The van der Waals surface area contributed by atoms with Crippen LogP contribution in [0.5, 0.6) is 0 Å². The minimum absolute atomic E-state index is 0.0761. The van der Waals surface area contributed by atoms with Crippen LogP contribution in [0.15, 0.2) is 18.5 Å². The summed E-state index contributed by atoms with van der Waals surface area (Å²) in [7, 11) is 0. The van der Waals surface area contributed by atoms with Crippen LogP contribution in [0.4, 0.5) is 5.95 Å². The summed E-state index contributed by atoms with van der Waals surface area (Å²) < 4.78 is 5.11. The van der Waals surface area contributed by atoms with Gasteiger partial charge in [0.1, 0.15) is 6.61 Å². The van der Waals surface area contributed by atoms with Gasteiger partial charge in [-0.2, -0.15) is 0 Å². The molecule has 1 aromatic heterocycles. The fourth-order valence-electron chi connectivity index (χ4n) is 2.20. The normalized spacial score (nSPS) is 16.1. The molecule has 2 heterocycles. The molecule has 7 heteroatoms. The molecule has 0 aromatic carbocycles. The third kappa shape index (κ3) is 4.43. The zero-order valence-corrected chi connectivity index (χ0v) is 11.5. The number of ether oxygens (including phenoxy) is 1. The highest BCUT2D eigenvalue weighted by molar-refractivity contribution is 5.77. The topological polar surface area (TPSA) is 93.4 Å². The number of rotatable bonds is 6. The summed E-state index contributed by atoms with van der Waals surface area (Å²) in [6.45, 7) is 2.62. The van der Waals surface area contributed by atoms with Gasteiger partial charge in [0.15, 0.2) is 0 Å². The number of hydrogen-bond acceptors (Lipinski definition) is 6. The Morgan fingerprint density at radius 2 is 2.10 bits per heavy atom. The first-order valence-electron chi connectivity index (χ1n) is 6.88. The molecule has 3 N–H and O–H groups in total. The standard InChI is InChI=1S/C13H21N5O2/c14-4-9-20-10-12(19)17-11-2-7-18(8-3-11)13-15-5-1-6-16-13/h1,5-6,11H,2-4,7-10,14H2,(H,17,19). The molecule has 1 aliphatic heterocycles. The van der Waals surface area contributed by atoms with E-state index >= 15 is 0 Å². The Morgan fingerprint density at radius 1 is 1.40 bits per heavy atom. The number of piperidine rings is 1. The molecule has 0 spiro atoms. The molecule has 0 saturated carbocycles. The lowest BCUT2D eigenvalue weighted by molar-refractivity contribution is -0.126. The predicted octanol–water partition coefficient (Wildman–Crippen LogP) is -0.463. The fourth-order valence-corrected chi connectivity index (χ4v) is 2.20. The number of nitrogens with one attached hydrogen (secondary N) is 1. The SMILES string of the molecule is NCCOCC(=O)NC1CCN(c2ncccn2)CC1. The summed E-state index contributed by atoms with van der Waals surface area (Å²) in [5.41, 5.74) is 5.30. The van der Waals surface area contributed by atoms with Gasteiger partial charge in [0.05, 0.1) is 6.61 Å². The van der Waals surface area contributed by atoms with E-state index in [9.17, 15) is 4.79 Å². The number of hydrogen-bond donors (Lipinski definition) is 2. The Kier molecular flexibility index (Phi) is 5.69. The monoisotopic (exact) mass is 279 g/mol. The van der Waals surface area contributed by atoms with E-state index in [0.717, 1.165) is 31.9 Å². The van der Waals surface area contributed by atoms with E-state index in [0.29, 0.717) is 13.2 Å². The summed E-state index contributed by atoms with van der Waals surface area (Å²) in [6, 6.07) is 2.00. The lowest BCUT2D eigenvalue weighted by Crippen LogP contribution is -2.46. The second-order valence-corrected chi connectivity index (χ2v) is 4.72. The van der Waals surface area contributed by atoms with Crippen molar-refractivity contribution < 1.29 is 9.53 Å². The summed E-state index contributed by atoms with van der Waals surface area (Å²) >= 11 is 0. The second-order valence-electron chi connectivity index (χ2n) is 4.72. The van der Waals surface area contributed by atoms with Crippen LogP contribution in [0, 0.1) is 0 Å². The van der Waals surface area contributed by atoms with Gasteiger partial charge in [-0.25, -0.2) is 9.97 Å². The van der Waals surface area contributed by atoms with Crippen LogP contribution in [-0.2, 0) is 9.53 Å². The van der Waals surface area contributed by atoms with Crippen LogP contribution in [0.2, 0.25) is 0 Å². The Hall–Kier alpha value is -1.73. The molecule has 1 aliphatic rings. The van der Waals surface area contributed by atoms with Crippen molar-refractivity contribution in [1.29, 1.82) is 0 Å². The number of carbonyl (C=O) groups is 1. The first-order valence-corrected chi connectivity index (χ1v) is 6.88. The van der Waals surface area contributed by atoms with Gasteiger partial charge < -0.3 is 20.7 Å². The van der Waals surface area contributed by atoms with Crippen LogP contribution < -0.4 is 16.0 Å². The first-order chi connectivity index (χ1) is 9.79. The number of amides is 1. The van der Waals surface area contributed by atoms with Crippen LogP contribution in [0.1, 0.15) is 12.8 Å². The van der Waals surface area contributed by atoms with Crippen molar-refractivity contribution in [2.24, 2.45) is 5.73 Å². The maximum absolute atomic E-state index is 11.6. The molecule has 0 aliphatic carbocycles. The number of aromatic nitrogens is 2. The van der Waals surface area contributed by atoms with Gasteiger partial charge in [-0.05, 0) is 18.9 Å². The first kappa shape index (κ1) is 14.7. The van der Waals surface area contributed by atoms with Crippen molar-refractivity contribution >= 4 is 11.9 Å². The molecule has 0 radical (unpaired) electrons.